The van der Waals surface area contributed by atoms with Crippen LogP contribution in [0, 0.1) is 0 Å². The lowest BCUT2D eigenvalue weighted by Crippen LogP contribution is -2.10. The topological polar surface area (TPSA) is 59.4 Å². The summed E-state index contributed by atoms with van der Waals surface area (Å²) in [7, 11) is 0. The molecule has 0 bridgehead atoms. The number of hydrogen-bond donors (Lipinski definition) is 2. The Morgan fingerprint density at radius 1 is 1.38 bits per heavy atom. The van der Waals surface area contributed by atoms with Crippen LogP contribution in [0.3, 0.4) is 0 Å². The molecule has 2 rings (SSSR count). The molecule has 1 heterocycles. The molecule has 68 valence electrons. The third-order valence-electron chi connectivity index (χ3n) is 2.00. The van der Waals surface area contributed by atoms with Crippen molar-refractivity contribution in [3.05, 3.63) is 36.1 Å². The fraction of sp³-hybridized carbons (Fsp3) is 0.200. The second-order valence-electron chi connectivity index (χ2n) is 2.94. The molecule has 0 radical (unpaired) electrons. The van der Waals surface area contributed by atoms with Crippen LogP contribution in [0.15, 0.2) is 34.7 Å². The van der Waals surface area contributed by atoms with Crippen LogP contribution in [0.1, 0.15) is 11.9 Å². The van der Waals surface area contributed by atoms with Gasteiger partial charge in [0, 0.05) is 11.9 Å². The number of para-hydroxylation sites is 1. The quantitative estimate of drug-likeness (QED) is 0.729. The number of rotatable bonds is 2. The van der Waals surface area contributed by atoms with Gasteiger partial charge in [-0.2, -0.15) is 0 Å². The van der Waals surface area contributed by atoms with Gasteiger partial charge < -0.3 is 15.3 Å². The Morgan fingerprint density at radius 2 is 2.15 bits per heavy atom. The second kappa shape index (κ2) is 3.20. The molecule has 3 N–H and O–H groups in total. The molecule has 0 unspecified atom stereocenters. The number of aliphatic hydroxyl groups excluding tert-OH is 1. The lowest BCUT2D eigenvalue weighted by Gasteiger charge is -2.00. The lowest BCUT2D eigenvalue weighted by molar-refractivity contribution is 0.160. The van der Waals surface area contributed by atoms with Crippen LogP contribution < -0.4 is 5.73 Å². The van der Waals surface area contributed by atoms with Crippen LogP contribution >= 0.6 is 0 Å². The molecular formula is C10H11NO2. The van der Waals surface area contributed by atoms with Crippen molar-refractivity contribution in [3.8, 4) is 0 Å². The fourth-order valence-corrected chi connectivity index (χ4v) is 1.28. The Balaban J connectivity index is 2.49. The summed E-state index contributed by atoms with van der Waals surface area (Å²) in [5, 5.41) is 10.4. The number of aliphatic hydroxyl groups is 1. The first-order valence-corrected chi connectivity index (χ1v) is 4.18. The zero-order chi connectivity index (χ0) is 9.26. The predicted molar refractivity (Wildman–Crippen MR) is 50.2 cm³/mol. The van der Waals surface area contributed by atoms with E-state index in [0.29, 0.717) is 5.76 Å². The van der Waals surface area contributed by atoms with E-state index in [0.717, 1.165) is 11.0 Å². The highest BCUT2D eigenvalue weighted by Gasteiger charge is 2.10. The lowest BCUT2D eigenvalue weighted by atomic mass is 10.2. The van der Waals surface area contributed by atoms with Crippen LogP contribution in [0.25, 0.3) is 11.0 Å². The van der Waals surface area contributed by atoms with Gasteiger partial charge >= 0.3 is 0 Å². The first-order valence-electron chi connectivity index (χ1n) is 4.18. The van der Waals surface area contributed by atoms with Gasteiger partial charge in [-0.3, -0.25) is 0 Å². The molecule has 0 fully saturated rings. The Hall–Kier alpha value is -1.32. The second-order valence-corrected chi connectivity index (χ2v) is 2.94. The molecule has 3 heteroatoms. The largest absolute Gasteiger partial charge is 0.458 e. The van der Waals surface area contributed by atoms with Gasteiger partial charge in [-0.15, -0.1) is 0 Å². The van der Waals surface area contributed by atoms with Crippen molar-refractivity contribution in [3.63, 3.8) is 0 Å². The number of nitrogens with two attached hydrogens (primary N) is 1. The summed E-state index contributed by atoms with van der Waals surface area (Å²) in [6.07, 6.45) is -0.701. The van der Waals surface area contributed by atoms with Gasteiger partial charge in [0.05, 0.1) is 0 Å². The van der Waals surface area contributed by atoms with E-state index < -0.39 is 6.10 Å². The minimum atomic E-state index is -0.701. The van der Waals surface area contributed by atoms with Crippen LogP contribution in [0.5, 0.6) is 0 Å². The van der Waals surface area contributed by atoms with E-state index in [1.54, 1.807) is 0 Å². The van der Waals surface area contributed by atoms with E-state index >= 15 is 0 Å². The molecule has 1 aromatic carbocycles. The Morgan fingerprint density at radius 3 is 2.85 bits per heavy atom. The zero-order valence-corrected chi connectivity index (χ0v) is 7.10. The summed E-state index contributed by atoms with van der Waals surface area (Å²) in [5.41, 5.74) is 6.10. The Kier molecular flexibility index (Phi) is 2.04. The molecule has 0 saturated carbocycles. The normalized spacial score (nSPS) is 13.4. The number of benzene rings is 1. The summed E-state index contributed by atoms with van der Waals surface area (Å²) < 4.78 is 5.39. The number of fused-ring (bicyclic) bond motifs is 1. The van der Waals surface area contributed by atoms with Crippen molar-refractivity contribution in [1.82, 2.24) is 0 Å². The van der Waals surface area contributed by atoms with Crippen molar-refractivity contribution in [1.29, 1.82) is 0 Å². The monoisotopic (exact) mass is 177 g/mol. The number of hydrogen-bond acceptors (Lipinski definition) is 3. The van der Waals surface area contributed by atoms with Crippen LogP contribution in [-0.4, -0.2) is 11.7 Å². The Bertz CT molecular complexity index is 375. The molecule has 1 atom stereocenters. The molecule has 0 aliphatic rings. The van der Waals surface area contributed by atoms with Crippen molar-refractivity contribution in [2.24, 2.45) is 5.73 Å². The van der Waals surface area contributed by atoms with Crippen molar-refractivity contribution >= 4 is 11.0 Å². The van der Waals surface area contributed by atoms with E-state index in [1.807, 2.05) is 30.3 Å². The molecule has 13 heavy (non-hydrogen) atoms. The van der Waals surface area contributed by atoms with E-state index in [-0.39, 0.29) is 6.54 Å². The molecule has 1 aromatic heterocycles. The average molecular weight is 177 g/mol. The number of furan rings is 1. The first-order chi connectivity index (χ1) is 6.31. The molecule has 0 aliphatic carbocycles. The van der Waals surface area contributed by atoms with Gasteiger partial charge in [0.1, 0.15) is 17.4 Å². The Labute approximate surface area is 75.8 Å². The van der Waals surface area contributed by atoms with Crippen LogP contribution in [0.2, 0.25) is 0 Å². The van der Waals surface area contributed by atoms with Gasteiger partial charge in [-0.05, 0) is 12.1 Å². The van der Waals surface area contributed by atoms with Crippen molar-refractivity contribution in [2.45, 2.75) is 6.10 Å². The van der Waals surface area contributed by atoms with Gasteiger partial charge in [0.25, 0.3) is 0 Å². The smallest absolute Gasteiger partial charge is 0.135 e. The minimum Gasteiger partial charge on any atom is -0.458 e. The summed E-state index contributed by atoms with van der Waals surface area (Å²) in [6, 6.07) is 9.43. The molecule has 0 aliphatic heterocycles. The average Bonchev–Trinajstić information content (AvgIpc) is 2.59. The molecule has 0 saturated heterocycles. The van der Waals surface area contributed by atoms with Gasteiger partial charge in [-0.1, -0.05) is 18.2 Å². The first kappa shape index (κ1) is 8.29. The maximum Gasteiger partial charge on any atom is 0.135 e. The molecule has 0 amide bonds. The highest BCUT2D eigenvalue weighted by Crippen LogP contribution is 2.22. The van der Waals surface area contributed by atoms with Crippen LogP contribution in [-0.2, 0) is 0 Å². The van der Waals surface area contributed by atoms with Crippen LogP contribution in [0.4, 0.5) is 0 Å². The van der Waals surface area contributed by atoms with Gasteiger partial charge in [-0.25, -0.2) is 0 Å². The third-order valence-corrected chi connectivity index (χ3v) is 2.00. The maximum absolute atomic E-state index is 9.41. The van der Waals surface area contributed by atoms with Crippen molar-refractivity contribution in [2.75, 3.05) is 6.54 Å². The highest BCUT2D eigenvalue weighted by atomic mass is 16.4. The zero-order valence-electron chi connectivity index (χ0n) is 7.10. The third kappa shape index (κ3) is 1.43. The molecule has 2 aromatic rings. The fourth-order valence-electron chi connectivity index (χ4n) is 1.28. The molecule has 0 spiro atoms. The SMILES string of the molecule is NC[C@@H](O)c1cc2ccccc2o1. The molecule has 3 nitrogen and oxygen atoms in total. The summed E-state index contributed by atoms with van der Waals surface area (Å²) >= 11 is 0. The predicted octanol–water partition coefficient (Wildman–Crippen LogP) is 1.42. The van der Waals surface area contributed by atoms with Gasteiger partial charge in [0.15, 0.2) is 0 Å². The standard InChI is InChI=1S/C10H11NO2/c11-6-8(12)10-5-7-3-1-2-4-9(7)13-10/h1-5,8,12H,6,11H2/t8-/m1/s1. The van der Waals surface area contributed by atoms with Gasteiger partial charge in [0.2, 0.25) is 0 Å². The minimum absolute atomic E-state index is 0.180. The van der Waals surface area contributed by atoms with E-state index in [9.17, 15) is 5.11 Å². The van der Waals surface area contributed by atoms with Crippen molar-refractivity contribution < 1.29 is 9.52 Å². The molecular weight excluding hydrogens is 166 g/mol. The van der Waals surface area contributed by atoms with E-state index in [2.05, 4.69) is 0 Å². The maximum atomic E-state index is 9.41. The van der Waals surface area contributed by atoms with E-state index in [1.165, 1.54) is 0 Å². The summed E-state index contributed by atoms with van der Waals surface area (Å²) in [5.74, 6) is 0.531. The summed E-state index contributed by atoms with van der Waals surface area (Å²) in [6.45, 7) is 0.180. The highest BCUT2D eigenvalue weighted by molar-refractivity contribution is 5.77. The van der Waals surface area contributed by atoms with E-state index in [4.69, 9.17) is 10.2 Å². The summed E-state index contributed by atoms with van der Waals surface area (Å²) in [4.78, 5) is 0.